The molecular formula is C34H40N4O9S. The minimum atomic E-state index is -4.21. The Bertz CT molecular complexity index is 1890. The van der Waals surface area contributed by atoms with Crippen LogP contribution in [-0.2, 0) is 43.7 Å². The van der Waals surface area contributed by atoms with Crippen molar-refractivity contribution in [1.29, 1.82) is 0 Å². The largest absolute Gasteiger partial charge is 0.496 e. The summed E-state index contributed by atoms with van der Waals surface area (Å²) < 4.78 is 49.5. The van der Waals surface area contributed by atoms with E-state index < -0.39 is 22.2 Å². The van der Waals surface area contributed by atoms with Crippen molar-refractivity contribution in [2.45, 2.75) is 58.7 Å². The number of ether oxygens (including phenoxy) is 3. The van der Waals surface area contributed by atoms with Gasteiger partial charge in [0.25, 0.3) is 5.95 Å². The molecule has 256 valence electrons. The lowest BCUT2D eigenvalue weighted by atomic mass is 9.84. The van der Waals surface area contributed by atoms with Crippen LogP contribution < -0.4 is 9.47 Å². The molecule has 1 unspecified atom stereocenters. The highest BCUT2D eigenvalue weighted by Crippen LogP contribution is 2.36. The van der Waals surface area contributed by atoms with Crippen LogP contribution in [0.2, 0.25) is 0 Å². The monoisotopic (exact) mass is 680 g/mol. The van der Waals surface area contributed by atoms with Crippen LogP contribution in [-0.4, -0.2) is 70.8 Å². The summed E-state index contributed by atoms with van der Waals surface area (Å²) >= 11 is 0. The van der Waals surface area contributed by atoms with Crippen molar-refractivity contribution in [1.82, 2.24) is 19.3 Å². The minimum absolute atomic E-state index is 0.0429. The number of aromatic nitrogens is 3. The summed E-state index contributed by atoms with van der Waals surface area (Å²) in [5, 5.41) is 28.0. The molecule has 2 heterocycles. The normalized spacial score (nSPS) is 15.0. The predicted molar refractivity (Wildman–Crippen MR) is 177 cm³/mol. The molecular weight excluding hydrogens is 640 g/mol. The van der Waals surface area contributed by atoms with Crippen LogP contribution in [0.15, 0.2) is 66.6 Å². The van der Waals surface area contributed by atoms with Crippen molar-refractivity contribution >= 4 is 27.3 Å². The van der Waals surface area contributed by atoms with Gasteiger partial charge in [-0.25, -0.2) is 4.68 Å². The number of aryl methyl sites for hydroxylation is 2. The minimum Gasteiger partial charge on any atom is -0.496 e. The summed E-state index contributed by atoms with van der Waals surface area (Å²) in [7, 11) is -2.72. The van der Waals surface area contributed by atoms with E-state index in [0.29, 0.717) is 35.7 Å². The molecule has 1 atom stereocenters. The van der Waals surface area contributed by atoms with Crippen LogP contribution in [0, 0.1) is 6.92 Å². The summed E-state index contributed by atoms with van der Waals surface area (Å²) in [6.07, 6.45) is 2.88. The van der Waals surface area contributed by atoms with E-state index >= 15 is 0 Å². The topological polar surface area (TPSA) is 163 Å². The average molecular weight is 681 g/mol. The molecule has 0 bridgehead atoms. The van der Waals surface area contributed by atoms with Crippen LogP contribution >= 0.6 is 0 Å². The second-order valence-corrected chi connectivity index (χ2v) is 12.8. The third-order valence-corrected chi connectivity index (χ3v) is 9.52. The Hall–Kier alpha value is -4.66. The van der Waals surface area contributed by atoms with Crippen molar-refractivity contribution in [2.24, 2.45) is 0 Å². The highest BCUT2D eigenvalue weighted by molar-refractivity contribution is 7.84. The second-order valence-electron chi connectivity index (χ2n) is 11.3. The first kappa shape index (κ1) is 34.7. The molecule has 0 radical (unpaired) electrons. The molecule has 1 aliphatic heterocycles. The Morgan fingerprint density at radius 2 is 1.90 bits per heavy atom. The highest BCUT2D eigenvalue weighted by atomic mass is 32.2. The second kappa shape index (κ2) is 15.5. The van der Waals surface area contributed by atoms with Gasteiger partial charge in [0.15, 0.2) is 0 Å². The standard InChI is InChI=1S/C34H40N4O9S/c1-4-45-33(41)20-28(24-11-14-30(44-3)26(19-24)21-37-17-15-32(40)47-48(37,42)43)27-12-13-29-34(23(27)2)35-36-38(29)16-7-8-18-46-31-10-6-5-9-25(31)22-39/h5-6,9-15,19,28,39-40H,4,7-8,16-18,20-22H2,1-3H3. The van der Waals surface area contributed by atoms with E-state index in [-0.39, 0.29) is 38.7 Å². The number of fused-ring (bicyclic) bond motifs is 1. The van der Waals surface area contributed by atoms with E-state index in [4.69, 9.17) is 14.2 Å². The van der Waals surface area contributed by atoms with Crippen molar-refractivity contribution in [3.63, 3.8) is 0 Å². The Kier molecular flexibility index (Phi) is 11.2. The molecule has 3 aromatic carbocycles. The van der Waals surface area contributed by atoms with Crippen LogP contribution in [0.25, 0.3) is 11.0 Å². The Labute approximate surface area is 279 Å². The van der Waals surface area contributed by atoms with E-state index in [9.17, 15) is 23.4 Å². The zero-order valence-corrected chi connectivity index (χ0v) is 28.0. The number of esters is 1. The van der Waals surface area contributed by atoms with Crippen LogP contribution in [0.4, 0.5) is 0 Å². The number of para-hydroxylation sites is 1. The van der Waals surface area contributed by atoms with Crippen molar-refractivity contribution in [3.8, 4) is 11.5 Å². The van der Waals surface area contributed by atoms with E-state index in [1.807, 2.05) is 60.1 Å². The zero-order chi connectivity index (χ0) is 34.3. The van der Waals surface area contributed by atoms with Gasteiger partial charge in [-0.15, -0.1) is 5.10 Å². The first-order chi connectivity index (χ1) is 23.1. The average Bonchev–Trinajstić information content (AvgIpc) is 3.49. The smallest absolute Gasteiger partial charge is 0.388 e. The van der Waals surface area contributed by atoms with Crippen LogP contribution in [0.3, 0.4) is 0 Å². The molecule has 0 saturated carbocycles. The molecule has 1 aliphatic rings. The molecule has 13 nitrogen and oxygen atoms in total. The Balaban J connectivity index is 1.38. The Morgan fingerprint density at radius 1 is 1.08 bits per heavy atom. The van der Waals surface area contributed by atoms with Gasteiger partial charge in [-0.05, 0) is 61.6 Å². The molecule has 0 saturated heterocycles. The highest BCUT2D eigenvalue weighted by Gasteiger charge is 2.30. The number of aliphatic hydroxyl groups excluding tert-OH is 2. The number of methoxy groups -OCH3 is 1. The number of rotatable bonds is 15. The maximum absolute atomic E-state index is 12.9. The molecule has 14 heteroatoms. The number of nitrogens with zero attached hydrogens (tertiary/aromatic N) is 4. The lowest BCUT2D eigenvalue weighted by Crippen LogP contribution is -2.35. The maximum Gasteiger partial charge on any atom is 0.388 e. The van der Waals surface area contributed by atoms with Crippen molar-refractivity contribution in [2.75, 3.05) is 26.9 Å². The van der Waals surface area contributed by atoms with Gasteiger partial charge < -0.3 is 28.6 Å². The molecule has 48 heavy (non-hydrogen) atoms. The molecule has 2 N–H and O–H groups in total. The maximum atomic E-state index is 12.9. The fourth-order valence-electron chi connectivity index (χ4n) is 5.78. The lowest BCUT2D eigenvalue weighted by Gasteiger charge is -2.25. The van der Waals surface area contributed by atoms with Gasteiger partial charge in [0.1, 0.15) is 17.0 Å². The van der Waals surface area contributed by atoms with Crippen LogP contribution in [0.1, 0.15) is 59.9 Å². The molecule has 0 fully saturated rings. The zero-order valence-electron chi connectivity index (χ0n) is 27.2. The SMILES string of the molecule is CCOC(=O)CC(c1ccc(OC)c(CN2CC=C(O)OS2(=O)=O)c1)c1ccc2c(nnn2CCCCOc2ccccc2CO)c1C. The molecule has 0 spiro atoms. The van der Waals surface area contributed by atoms with E-state index in [1.54, 1.807) is 13.0 Å². The summed E-state index contributed by atoms with van der Waals surface area (Å²) in [6.45, 7) is 4.82. The van der Waals surface area contributed by atoms with Gasteiger partial charge in [-0.1, -0.05) is 41.6 Å². The summed E-state index contributed by atoms with van der Waals surface area (Å²) in [6, 6.07) is 16.7. The number of unbranched alkanes of at least 4 members (excludes halogenated alkanes) is 1. The van der Waals surface area contributed by atoms with Crippen molar-refractivity contribution in [3.05, 3.63) is 94.4 Å². The lowest BCUT2D eigenvalue weighted by molar-refractivity contribution is -0.143. The van der Waals surface area contributed by atoms with E-state index in [1.165, 1.54) is 13.2 Å². The van der Waals surface area contributed by atoms with E-state index in [2.05, 4.69) is 14.5 Å². The third kappa shape index (κ3) is 7.89. The van der Waals surface area contributed by atoms with Gasteiger partial charge in [-0.2, -0.15) is 12.7 Å². The number of benzene rings is 3. The number of hydrogen-bond acceptors (Lipinski definition) is 11. The molecule has 5 rings (SSSR count). The van der Waals surface area contributed by atoms with Crippen molar-refractivity contribution < 1.29 is 41.8 Å². The van der Waals surface area contributed by atoms with Gasteiger partial charge in [-0.3, -0.25) is 4.79 Å². The number of aliphatic hydroxyl groups is 2. The van der Waals surface area contributed by atoms with E-state index in [0.717, 1.165) is 44.9 Å². The molecule has 0 amide bonds. The van der Waals surface area contributed by atoms with Gasteiger partial charge in [0.2, 0.25) is 0 Å². The number of carbonyl (C=O) groups excluding carboxylic acids is 1. The molecule has 4 aromatic rings. The fraction of sp³-hybridized carbons (Fsp3) is 0.382. The number of hydrogen-bond donors (Lipinski definition) is 2. The Morgan fingerprint density at radius 3 is 2.65 bits per heavy atom. The quantitative estimate of drug-likeness (QED) is 0.133. The first-order valence-corrected chi connectivity index (χ1v) is 17.1. The van der Waals surface area contributed by atoms with Gasteiger partial charge in [0.05, 0.1) is 38.9 Å². The summed E-state index contributed by atoms with van der Waals surface area (Å²) in [4.78, 5) is 12.9. The molecule has 0 aliphatic carbocycles. The third-order valence-electron chi connectivity index (χ3n) is 8.23. The first-order valence-electron chi connectivity index (χ1n) is 15.7. The van der Waals surface area contributed by atoms with Crippen LogP contribution in [0.5, 0.6) is 11.5 Å². The fourth-order valence-corrected chi connectivity index (χ4v) is 6.72. The van der Waals surface area contributed by atoms with Gasteiger partial charge in [0, 0.05) is 42.8 Å². The van der Waals surface area contributed by atoms with Gasteiger partial charge >= 0.3 is 16.3 Å². The summed E-state index contributed by atoms with van der Waals surface area (Å²) in [5.41, 5.74) is 5.36. The predicted octanol–water partition coefficient (Wildman–Crippen LogP) is 4.66. The number of carbonyl (C=O) groups is 1. The molecule has 1 aromatic heterocycles. The summed E-state index contributed by atoms with van der Waals surface area (Å²) in [5.74, 6) is -0.349.